The van der Waals surface area contributed by atoms with Crippen LogP contribution in [0.2, 0.25) is 36.3 Å². The molecule has 0 bridgehead atoms. The fourth-order valence-electron chi connectivity index (χ4n) is 3.59. The van der Waals surface area contributed by atoms with Crippen LogP contribution in [-0.2, 0) is 31.5 Å². The molecule has 0 unspecified atom stereocenters. The molecule has 0 amide bonds. The third-order valence-electron chi connectivity index (χ3n) is 8.50. The van der Waals surface area contributed by atoms with Crippen molar-refractivity contribution in [2.24, 2.45) is 0 Å². The molecule has 0 saturated heterocycles. The number of benzene rings is 2. The fraction of sp³-hybridized carbons (Fsp3) is 0.625. The van der Waals surface area contributed by atoms with E-state index in [1.165, 1.54) is 0 Å². The van der Waals surface area contributed by atoms with Gasteiger partial charge < -0.3 is 28.5 Å². The second kappa shape index (κ2) is 14.7. The smallest absolute Gasteiger partial charge is 0.192 e. The molecule has 0 aliphatic carbocycles. The molecule has 2 aromatic carbocycles. The standard InChI is InChI=1S/C32H54O6Si2/c1-31(2,3)39(7,8)37-23-27(33)29(35-21-25-17-13-11-14-18-25)30(36-22-26-19-15-12-16-20-26)28(34)24-38-40(9,10)32(4,5)6/h11-20,27-30,33-34H,21-24H2,1-10H3/t27-,28-,29-,30-/m1/s1. The van der Waals surface area contributed by atoms with Gasteiger partial charge in [0.15, 0.2) is 16.6 Å². The Hall–Kier alpha value is -1.37. The maximum atomic E-state index is 11.5. The van der Waals surface area contributed by atoms with Crippen LogP contribution in [0.3, 0.4) is 0 Å². The third-order valence-corrected chi connectivity index (χ3v) is 17.5. The summed E-state index contributed by atoms with van der Waals surface area (Å²) in [6.45, 7) is 22.4. The van der Waals surface area contributed by atoms with E-state index in [9.17, 15) is 10.2 Å². The van der Waals surface area contributed by atoms with Crippen molar-refractivity contribution >= 4 is 16.6 Å². The second-order valence-electron chi connectivity index (χ2n) is 13.8. The van der Waals surface area contributed by atoms with Crippen LogP contribution >= 0.6 is 0 Å². The first-order valence-electron chi connectivity index (χ1n) is 14.4. The normalized spacial score (nSPS) is 16.4. The molecule has 226 valence electrons. The summed E-state index contributed by atoms with van der Waals surface area (Å²) in [5, 5.41) is 23.1. The number of aliphatic hydroxyl groups excluding tert-OH is 2. The zero-order valence-electron chi connectivity index (χ0n) is 26.4. The number of aliphatic hydroxyl groups is 2. The van der Waals surface area contributed by atoms with Crippen molar-refractivity contribution in [3.63, 3.8) is 0 Å². The van der Waals surface area contributed by atoms with Gasteiger partial charge in [-0.05, 0) is 47.4 Å². The monoisotopic (exact) mass is 590 g/mol. The van der Waals surface area contributed by atoms with Gasteiger partial charge in [-0.3, -0.25) is 0 Å². The first kappa shape index (κ1) is 34.8. The molecule has 0 aliphatic heterocycles. The Morgan fingerprint density at radius 1 is 0.575 bits per heavy atom. The van der Waals surface area contributed by atoms with E-state index in [1.807, 2.05) is 60.7 Å². The van der Waals surface area contributed by atoms with E-state index < -0.39 is 41.1 Å². The van der Waals surface area contributed by atoms with Crippen LogP contribution in [-0.4, -0.2) is 64.5 Å². The Labute approximate surface area is 245 Å². The summed E-state index contributed by atoms with van der Waals surface area (Å²) in [5.41, 5.74) is 1.94. The topological polar surface area (TPSA) is 77.4 Å². The summed E-state index contributed by atoms with van der Waals surface area (Å²) >= 11 is 0. The van der Waals surface area contributed by atoms with Crippen molar-refractivity contribution in [2.45, 2.75) is 115 Å². The third kappa shape index (κ3) is 10.5. The number of hydrogen-bond acceptors (Lipinski definition) is 6. The number of hydrogen-bond donors (Lipinski definition) is 2. The second-order valence-corrected chi connectivity index (χ2v) is 23.4. The molecule has 2 N–H and O–H groups in total. The fourth-order valence-corrected chi connectivity index (χ4v) is 5.63. The van der Waals surface area contributed by atoms with Gasteiger partial charge in [-0.2, -0.15) is 0 Å². The molecule has 0 aromatic heterocycles. The average molecular weight is 591 g/mol. The molecule has 0 saturated carbocycles. The minimum atomic E-state index is -2.13. The molecule has 4 atom stereocenters. The average Bonchev–Trinajstić information content (AvgIpc) is 2.87. The summed E-state index contributed by atoms with van der Waals surface area (Å²) < 4.78 is 25.5. The molecule has 0 aliphatic rings. The molecular formula is C32H54O6Si2. The van der Waals surface area contributed by atoms with E-state index >= 15 is 0 Å². The van der Waals surface area contributed by atoms with Crippen LogP contribution in [0.15, 0.2) is 60.7 Å². The van der Waals surface area contributed by atoms with Crippen molar-refractivity contribution in [1.82, 2.24) is 0 Å². The molecule has 6 nitrogen and oxygen atoms in total. The van der Waals surface area contributed by atoms with Crippen LogP contribution in [0.1, 0.15) is 52.7 Å². The van der Waals surface area contributed by atoms with Crippen LogP contribution < -0.4 is 0 Å². The van der Waals surface area contributed by atoms with E-state index in [4.69, 9.17) is 18.3 Å². The van der Waals surface area contributed by atoms with E-state index in [0.717, 1.165) is 11.1 Å². The van der Waals surface area contributed by atoms with Gasteiger partial charge in [0.2, 0.25) is 0 Å². The first-order chi connectivity index (χ1) is 18.4. The summed E-state index contributed by atoms with van der Waals surface area (Å²) in [4.78, 5) is 0. The lowest BCUT2D eigenvalue weighted by atomic mass is 10.0. The van der Waals surface area contributed by atoms with Crippen LogP contribution in [0, 0.1) is 0 Å². The molecule has 2 aromatic rings. The molecule has 40 heavy (non-hydrogen) atoms. The highest BCUT2D eigenvalue weighted by Gasteiger charge is 2.42. The van der Waals surface area contributed by atoms with E-state index in [0.29, 0.717) is 0 Å². The quantitative estimate of drug-likeness (QED) is 0.219. The van der Waals surface area contributed by atoms with Gasteiger partial charge in [-0.15, -0.1) is 0 Å². The summed E-state index contributed by atoms with van der Waals surface area (Å²) in [7, 11) is -4.27. The van der Waals surface area contributed by atoms with Crippen LogP contribution in [0.5, 0.6) is 0 Å². The molecule has 8 heteroatoms. The highest BCUT2D eigenvalue weighted by molar-refractivity contribution is 6.74. The van der Waals surface area contributed by atoms with E-state index in [2.05, 4.69) is 67.7 Å². The van der Waals surface area contributed by atoms with Crippen LogP contribution in [0.25, 0.3) is 0 Å². The summed E-state index contributed by atoms with van der Waals surface area (Å²) in [6, 6.07) is 19.6. The minimum absolute atomic E-state index is 0.00710. The Morgan fingerprint density at radius 2 is 0.875 bits per heavy atom. The van der Waals surface area contributed by atoms with Gasteiger partial charge in [0.1, 0.15) is 24.4 Å². The number of rotatable bonds is 15. The zero-order chi connectivity index (χ0) is 30.2. The highest BCUT2D eigenvalue weighted by Crippen LogP contribution is 2.38. The number of ether oxygens (including phenoxy) is 2. The maximum Gasteiger partial charge on any atom is 0.192 e. The van der Waals surface area contributed by atoms with Crippen molar-refractivity contribution in [2.75, 3.05) is 13.2 Å². The van der Waals surface area contributed by atoms with Gasteiger partial charge in [-0.1, -0.05) is 102 Å². The lowest BCUT2D eigenvalue weighted by molar-refractivity contribution is -0.175. The molecule has 0 spiro atoms. The zero-order valence-corrected chi connectivity index (χ0v) is 28.4. The SMILES string of the molecule is CC(C)(C)[Si](C)(C)OC[C@@H](O)[C@@H](OCc1ccccc1)[C@H](OCc1ccccc1)[C@H](O)CO[Si](C)(C)C(C)(C)C. The van der Waals surface area contributed by atoms with Crippen molar-refractivity contribution in [1.29, 1.82) is 0 Å². The van der Waals surface area contributed by atoms with E-state index in [1.54, 1.807) is 0 Å². The van der Waals surface area contributed by atoms with Crippen molar-refractivity contribution in [3.05, 3.63) is 71.8 Å². The molecule has 0 radical (unpaired) electrons. The molecule has 0 fully saturated rings. The minimum Gasteiger partial charge on any atom is -0.414 e. The predicted octanol–water partition coefficient (Wildman–Crippen LogP) is 6.92. The Morgan fingerprint density at radius 3 is 1.15 bits per heavy atom. The van der Waals surface area contributed by atoms with Crippen molar-refractivity contribution < 1.29 is 28.5 Å². The first-order valence-corrected chi connectivity index (χ1v) is 20.2. The lowest BCUT2D eigenvalue weighted by Gasteiger charge is -2.40. The van der Waals surface area contributed by atoms with Gasteiger partial charge in [0.05, 0.1) is 26.4 Å². The molecule has 0 heterocycles. The van der Waals surface area contributed by atoms with Gasteiger partial charge in [0, 0.05) is 0 Å². The predicted molar refractivity (Wildman–Crippen MR) is 168 cm³/mol. The van der Waals surface area contributed by atoms with Gasteiger partial charge >= 0.3 is 0 Å². The van der Waals surface area contributed by atoms with Gasteiger partial charge in [-0.25, -0.2) is 0 Å². The molecular weight excluding hydrogens is 537 g/mol. The Balaban J connectivity index is 2.34. The molecule has 2 rings (SSSR count). The Bertz CT molecular complexity index is 904. The largest absolute Gasteiger partial charge is 0.414 e. The highest BCUT2D eigenvalue weighted by atomic mass is 28.4. The van der Waals surface area contributed by atoms with Crippen molar-refractivity contribution in [3.8, 4) is 0 Å². The van der Waals surface area contributed by atoms with Gasteiger partial charge in [0.25, 0.3) is 0 Å². The maximum absolute atomic E-state index is 11.5. The summed E-state index contributed by atoms with van der Waals surface area (Å²) in [6.07, 6.45) is -3.71. The lowest BCUT2D eigenvalue weighted by Crippen LogP contribution is -2.53. The van der Waals surface area contributed by atoms with E-state index in [-0.39, 0.29) is 36.5 Å². The Kier molecular flexibility index (Phi) is 12.8. The summed E-state index contributed by atoms with van der Waals surface area (Å²) in [5.74, 6) is 0. The van der Waals surface area contributed by atoms with Crippen LogP contribution in [0.4, 0.5) is 0 Å².